The van der Waals surface area contributed by atoms with Gasteiger partial charge in [-0.05, 0) is 18.6 Å². The number of pyridine rings is 1. The minimum absolute atomic E-state index is 0.647. The molecule has 0 aliphatic carbocycles. The molecule has 0 aliphatic heterocycles. The van der Waals surface area contributed by atoms with E-state index in [2.05, 4.69) is 22.3 Å². The average molecular weight is 217 g/mol. The van der Waals surface area contributed by atoms with Crippen molar-refractivity contribution >= 4 is 5.82 Å². The standard InChI is InChI=1S/C11H15N5/c1-2-4-10-13-7-8-16(10)11-6-3-5-9(14-11)15-12/h3,5-8H,2,4,12H2,1H3,(H,14,15). The van der Waals surface area contributed by atoms with Crippen LogP contribution in [0.2, 0.25) is 0 Å². The molecule has 0 fully saturated rings. The number of hydrazine groups is 1. The molecule has 0 atom stereocenters. The summed E-state index contributed by atoms with van der Waals surface area (Å²) in [6.45, 7) is 2.13. The fourth-order valence-electron chi connectivity index (χ4n) is 1.59. The quantitative estimate of drug-likeness (QED) is 0.601. The van der Waals surface area contributed by atoms with E-state index in [1.54, 1.807) is 6.20 Å². The maximum atomic E-state index is 5.33. The molecule has 2 heterocycles. The first-order valence-corrected chi connectivity index (χ1v) is 5.31. The number of hydrogen-bond acceptors (Lipinski definition) is 4. The summed E-state index contributed by atoms with van der Waals surface area (Å²) in [5.41, 5.74) is 2.54. The van der Waals surface area contributed by atoms with Gasteiger partial charge in [0.2, 0.25) is 0 Å². The van der Waals surface area contributed by atoms with Crippen LogP contribution in [0, 0.1) is 0 Å². The first kappa shape index (κ1) is 10.6. The molecule has 2 rings (SSSR count). The lowest BCUT2D eigenvalue weighted by atomic mass is 10.3. The number of anilines is 1. The molecule has 0 saturated heterocycles. The molecule has 0 amide bonds. The van der Waals surface area contributed by atoms with Crippen LogP contribution < -0.4 is 11.3 Å². The van der Waals surface area contributed by atoms with E-state index in [9.17, 15) is 0 Å². The van der Waals surface area contributed by atoms with Gasteiger partial charge in [0.25, 0.3) is 0 Å². The lowest BCUT2D eigenvalue weighted by molar-refractivity contribution is 0.798. The highest BCUT2D eigenvalue weighted by Crippen LogP contribution is 2.11. The van der Waals surface area contributed by atoms with Crippen molar-refractivity contribution in [1.29, 1.82) is 0 Å². The molecule has 0 unspecified atom stereocenters. The third-order valence-electron chi connectivity index (χ3n) is 2.32. The minimum Gasteiger partial charge on any atom is -0.308 e. The van der Waals surface area contributed by atoms with Gasteiger partial charge >= 0.3 is 0 Å². The number of nitrogen functional groups attached to an aromatic ring is 1. The number of imidazole rings is 1. The molecule has 0 aliphatic rings. The van der Waals surface area contributed by atoms with Crippen molar-refractivity contribution < 1.29 is 0 Å². The van der Waals surface area contributed by atoms with Gasteiger partial charge in [-0.3, -0.25) is 4.57 Å². The first-order valence-electron chi connectivity index (χ1n) is 5.31. The van der Waals surface area contributed by atoms with Gasteiger partial charge in [-0.2, -0.15) is 0 Å². The second-order valence-electron chi connectivity index (χ2n) is 3.49. The Hall–Kier alpha value is -1.88. The Balaban J connectivity index is 2.37. The Bertz CT molecular complexity index is 463. The summed E-state index contributed by atoms with van der Waals surface area (Å²) >= 11 is 0. The second-order valence-corrected chi connectivity index (χ2v) is 3.49. The molecule has 5 heteroatoms. The van der Waals surface area contributed by atoms with E-state index in [4.69, 9.17) is 5.84 Å². The summed E-state index contributed by atoms with van der Waals surface area (Å²) in [5.74, 6) is 7.83. The van der Waals surface area contributed by atoms with Crippen molar-refractivity contribution in [1.82, 2.24) is 14.5 Å². The average Bonchev–Trinajstić information content (AvgIpc) is 2.78. The summed E-state index contributed by atoms with van der Waals surface area (Å²) in [5, 5.41) is 0. The Labute approximate surface area is 94.3 Å². The van der Waals surface area contributed by atoms with Gasteiger partial charge in [0, 0.05) is 18.8 Å². The van der Waals surface area contributed by atoms with Gasteiger partial charge in [0.1, 0.15) is 17.5 Å². The predicted octanol–water partition coefficient (Wildman–Crippen LogP) is 1.51. The molecule has 0 radical (unpaired) electrons. The van der Waals surface area contributed by atoms with Crippen LogP contribution in [0.1, 0.15) is 19.2 Å². The van der Waals surface area contributed by atoms with E-state index < -0.39 is 0 Å². The topological polar surface area (TPSA) is 68.8 Å². The van der Waals surface area contributed by atoms with E-state index in [-0.39, 0.29) is 0 Å². The van der Waals surface area contributed by atoms with Crippen LogP contribution in [0.5, 0.6) is 0 Å². The SMILES string of the molecule is CCCc1nccn1-c1cccc(NN)n1. The van der Waals surface area contributed by atoms with Gasteiger partial charge in [-0.15, -0.1) is 0 Å². The third kappa shape index (κ3) is 2.04. The fraction of sp³-hybridized carbons (Fsp3) is 0.273. The maximum absolute atomic E-state index is 5.33. The van der Waals surface area contributed by atoms with E-state index in [1.165, 1.54) is 0 Å². The Morgan fingerprint density at radius 2 is 2.31 bits per heavy atom. The van der Waals surface area contributed by atoms with Crippen molar-refractivity contribution in [2.75, 3.05) is 5.43 Å². The van der Waals surface area contributed by atoms with Gasteiger partial charge < -0.3 is 5.43 Å². The van der Waals surface area contributed by atoms with E-state index in [0.717, 1.165) is 24.5 Å². The Morgan fingerprint density at radius 1 is 1.44 bits per heavy atom. The van der Waals surface area contributed by atoms with Crippen LogP contribution >= 0.6 is 0 Å². The molecule has 0 aromatic carbocycles. The lowest BCUT2D eigenvalue weighted by Crippen LogP contribution is -2.10. The molecular formula is C11H15N5. The summed E-state index contributed by atoms with van der Waals surface area (Å²) in [6.07, 6.45) is 5.70. The van der Waals surface area contributed by atoms with Crippen LogP contribution in [0.25, 0.3) is 5.82 Å². The summed E-state index contributed by atoms with van der Waals surface area (Å²) < 4.78 is 1.98. The largest absolute Gasteiger partial charge is 0.308 e. The minimum atomic E-state index is 0.647. The number of nitrogens with zero attached hydrogens (tertiary/aromatic N) is 3. The van der Waals surface area contributed by atoms with Crippen molar-refractivity contribution in [3.63, 3.8) is 0 Å². The summed E-state index contributed by atoms with van der Waals surface area (Å²) in [6, 6.07) is 5.66. The predicted molar refractivity (Wildman–Crippen MR) is 63.2 cm³/mol. The molecule has 3 N–H and O–H groups in total. The smallest absolute Gasteiger partial charge is 0.142 e. The highest BCUT2D eigenvalue weighted by Gasteiger charge is 2.05. The van der Waals surface area contributed by atoms with E-state index in [0.29, 0.717) is 5.82 Å². The highest BCUT2D eigenvalue weighted by atomic mass is 15.3. The normalized spacial score (nSPS) is 10.4. The number of nitrogens with two attached hydrogens (primary N) is 1. The van der Waals surface area contributed by atoms with Crippen LogP contribution in [-0.4, -0.2) is 14.5 Å². The summed E-state index contributed by atoms with van der Waals surface area (Å²) in [4.78, 5) is 8.67. The molecule has 2 aromatic rings. The number of aryl methyl sites for hydroxylation is 1. The number of rotatable bonds is 4. The zero-order chi connectivity index (χ0) is 11.4. The van der Waals surface area contributed by atoms with E-state index in [1.807, 2.05) is 29.0 Å². The van der Waals surface area contributed by atoms with Crippen molar-refractivity contribution in [2.24, 2.45) is 5.84 Å². The van der Waals surface area contributed by atoms with Gasteiger partial charge in [-0.1, -0.05) is 13.0 Å². The highest BCUT2D eigenvalue weighted by molar-refractivity contribution is 5.39. The van der Waals surface area contributed by atoms with Crippen LogP contribution in [0.3, 0.4) is 0 Å². The van der Waals surface area contributed by atoms with Gasteiger partial charge in [0.15, 0.2) is 0 Å². The maximum Gasteiger partial charge on any atom is 0.142 e. The fourth-order valence-corrected chi connectivity index (χ4v) is 1.59. The zero-order valence-electron chi connectivity index (χ0n) is 9.22. The molecule has 0 saturated carbocycles. The Kier molecular flexibility index (Phi) is 3.16. The second kappa shape index (κ2) is 4.76. The molecule has 0 bridgehead atoms. The number of hydrogen-bond donors (Lipinski definition) is 2. The zero-order valence-corrected chi connectivity index (χ0v) is 9.22. The third-order valence-corrected chi connectivity index (χ3v) is 2.32. The van der Waals surface area contributed by atoms with Crippen LogP contribution in [0.4, 0.5) is 5.82 Å². The molecule has 5 nitrogen and oxygen atoms in total. The van der Waals surface area contributed by atoms with Crippen molar-refractivity contribution in [2.45, 2.75) is 19.8 Å². The van der Waals surface area contributed by atoms with Crippen LogP contribution in [0.15, 0.2) is 30.6 Å². The number of aromatic nitrogens is 3. The van der Waals surface area contributed by atoms with E-state index >= 15 is 0 Å². The molecule has 0 spiro atoms. The Morgan fingerprint density at radius 3 is 3.06 bits per heavy atom. The number of nitrogens with one attached hydrogen (secondary N) is 1. The lowest BCUT2D eigenvalue weighted by Gasteiger charge is -2.07. The molecule has 16 heavy (non-hydrogen) atoms. The van der Waals surface area contributed by atoms with Gasteiger partial charge in [0.05, 0.1) is 0 Å². The van der Waals surface area contributed by atoms with Crippen molar-refractivity contribution in [3.8, 4) is 5.82 Å². The van der Waals surface area contributed by atoms with Crippen molar-refractivity contribution in [3.05, 3.63) is 36.4 Å². The molecule has 2 aromatic heterocycles. The monoisotopic (exact) mass is 217 g/mol. The molecular weight excluding hydrogens is 202 g/mol. The van der Waals surface area contributed by atoms with Gasteiger partial charge in [-0.25, -0.2) is 15.8 Å². The molecule has 84 valence electrons. The first-order chi connectivity index (χ1) is 7.85. The van der Waals surface area contributed by atoms with Crippen LogP contribution in [-0.2, 0) is 6.42 Å². The summed E-state index contributed by atoms with van der Waals surface area (Å²) in [7, 11) is 0.